The highest BCUT2D eigenvalue weighted by Gasteiger charge is 2.45. The van der Waals surface area contributed by atoms with Gasteiger partial charge in [-0.3, -0.25) is 34.2 Å². The molecule has 2 fully saturated rings. The summed E-state index contributed by atoms with van der Waals surface area (Å²) < 4.78 is 5.07. The molecule has 2 aromatic rings. The van der Waals surface area contributed by atoms with Gasteiger partial charge in [0.25, 0.3) is 11.8 Å². The summed E-state index contributed by atoms with van der Waals surface area (Å²) in [5.74, 6) is -2.80. The highest BCUT2D eigenvalue weighted by atomic mass is 16.6. The van der Waals surface area contributed by atoms with E-state index < -0.39 is 35.8 Å². The Morgan fingerprint density at radius 3 is 2.34 bits per heavy atom. The fourth-order valence-corrected chi connectivity index (χ4v) is 5.52. The number of fused-ring (bicyclic) bond motifs is 1. The van der Waals surface area contributed by atoms with E-state index in [-0.39, 0.29) is 48.1 Å². The molecule has 41 heavy (non-hydrogen) atoms. The van der Waals surface area contributed by atoms with Crippen molar-refractivity contribution < 1.29 is 33.5 Å². The number of primary amides is 1. The average Bonchev–Trinajstić information content (AvgIpc) is 3.19. The molecule has 3 heterocycles. The predicted octanol–water partition coefficient (Wildman–Crippen LogP) is 1.37. The molecule has 2 aromatic carbocycles. The molecule has 3 aliphatic rings. The number of imide groups is 2. The van der Waals surface area contributed by atoms with Crippen molar-refractivity contribution in [3.05, 3.63) is 64.7 Å². The first kappa shape index (κ1) is 28.0. The van der Waals surface area contributed by atoms with Crippen molar-refractivity contribution >= 4 is 41.3 Å². The summed E-state index contributed by atoms with van der Waals surface area (Å²) in [6, 6.07) is 11.2. The van der Waals surface area contributed by atoms with Crippen LogP contribution in [0.2, 0.25) is 0 Å². The molecule has 5 rings (SSSR count). The van der Waals surface area contributed by atoms with Crippen LogP contribution in [-0.4, -0.2) is 77.2 Å². The van der Waals surface area contributed by atoms with Crippen LogP contribution >= 0.6 is 0 Å². The van der Waals surface area contributed by atoms with Gasteiger partial charge in [0.1, 0.15) is 12.1 Å². The monoisotopic (exact) mass is 561 g/mol. The standard InChI is InChI=1S/C29H31N5O7/c30-29(40)41-19-11-14-33(15-12-19)13-10-17-4-6-18(7-5-17)16-24(36)31-21-3-1-2-20-25(21)28(39)34(27(20)38)22-8-9-23(35)32-26(22)37/h1-7,19,22H,8-16H2,(H2,30,40)(H,31,36)(H,32,35,37). The van der Waals surface area contributed by atoms with Crippen molar-refractivity contribution in [2.45, 2.75) is 50.7 Å². The molecule has 1 atom stereocenters. The maximum Gasteiger partial charge on any atom is 0.404 e. The van der Waals surface area contributed by atoms with E-state index in [1.165, 1.54) is 6.07 Å². The lowest BCUT2D eigenvalue weighted by atomic mass is 10.0. The molecule has 12 heteroatoms. The van der Waals surface area contributed by atoms with Crippen molar-refractivity contribution in [1.82, 2.24) is 15.1 Å². The SMILES string of the molecule is NC(=O)OC1CCN(CCc2ccc(CC(=O)Nc3cccc4c3C(=O)N(C3CCC(=O)NC3=O)C4=O)cc2)CC1. The molecular weight excluding hydrogens is 530 g/mol. The minimum Gasteiger partial charge on any atom is -0.446 e. The summed E-state index contributed by atoms with van der Waals surface area (Å²) in [6.07, 6.45) is 1.66. The number of nitrogens with one attached hydrogen (secondary N) is 2. The van der Waals surface area contributed by atoms with E-state index >= 15 is 0 Å². The van der Waals surface area contributed by atoms with Crippen molar-refractivity contribution in [2.75, 3.05) is 25.0 Å². The van der Waals surface area contributed by atoms with E-state index in [4.69, 9.17) is 10.5 Å². The number of benzene rings is 2. The van der Waals surface area contributed by atoms with Gasteiger partial charge >= 0.3 is 6.09 Å². The number of nitrogens with two attached hydrogens (primary N) is 1. The highest BCUT2D eigenvalue weighted by molar-refractivity contribution is 6.26. The number of likely N-dealkylation sites (tertiary alicyclic amines) is 1. The third-order valence-corrected chi connectivity index (χ3v) is 7.66. The van der Waals surface area contributed by atoms with Gasteiger partial charge in [0.15, 0.2) is 0 Å². The zero-order valence-electron chi connectivity index (χ0n) is 22.4. The maximum atomic E-state index is 13.2. The van der Waals surface area contributed by atoms with Gasteiger partial charge in [-0.15, -0.1) is 0 Å². The second-order valence-electron chi connectivity index (χ2n) is 10.4. The number of carbonyl (C=O) groups excluding carboxylic acids is 6. The molecule has 1 unspecified atom stereocenters. The molecule has 0 bridgehead atoms. The Labute approximate surface area is 236 Å². The number of carbonyl (C=O) groups is 6. The fourth-order valence-electron chi connectivity index (χ4n) is 5.52. The molecule has 3 aliphatic heterocycles. The van der Waals surface area contributed by atoms with Crippen LogP contribution in [0.1, 0.15) is 57.5 Å². The minimum atomic E-state index is -1.08. The molecule has 0 saturated carbocycles. The molecule has 4 N–H and O–H groups in total. The van der Waals surface area contributed by atoms with Gasteiger partial charge < -0.3 is 20.7 Å². The molecule has 2 saturated heterocycles. The number of piperidine rings is 2. The van der Waals surface area contributed by atoms with E-state index in [1.807, 2.05) is 24.3 Å². The fraction of sp³-hybridized carbons (Fsp3) is 0.379. The Morgan fingerprint density at radius 1 is 0.951 bits per heavy atom. The highest BCUT2D eigenvalue weighted by Crippen LogP contribution is 2.32. The lowest BCUT2D eigenvalue weighted by Gasteiger charge is -2.31. The van der Waals surface area contributed by atoms with Crippen molar-refractivity contribution in [3.8, 4) is 0 Å². The number of amides is 6. The molecule has 12 nitrogen and oxygen atoms in total. The Bertz CT molecular complexity index is 1400. The van der Waals surface area contributed by atoms with Gasteiger partial charge in [0.2, 0.25) is 17.7 Å². The third-order valence-electron chi connectivity index (χ3n) is 7.66. The first-order chi connectivity index (χ1) is 19.7. The zero-order valence-corrected chi connectivity index (χ0v) is 22.4. The lowest BCUT2D eigenvalue weighted by Crippen LogP contribution is -2.54. The Balaban J connectivity index is 1.15. The van der Waals surface area contributed by atoms with Gasteiger partial charge in [-0.2, -0.15) is 0 Å². The van der Waals surface area contributed by atoms with E-state index in [1.54, 1.807) is 12.1 Å². The summed E-state index contributed by atoms with van der Waals surface area (Å²) in [5.41, 5.74) is 7.35. The number of ether oxygens (including phenoxy) is 1. The Kier molecular flexibility index (Phi) is 8.11. The number of rotatable bonds is 8. The number of nitrogens with zero attached hydrogens (tertiary/aromatic N) is 2. The van der Waals surface area contributed by atoms with E-state index in [9.17, 15) is 28.8 Å². The van der Waals surface area contributed by atoms with Crippen LogP contribution in [-0.2, 0) is 32.0 Å². The van der Waals surface area contributed by atoms with Crippen molar-refractivity contribution in [2.24, 2.45) is 5.73 Å². The zero-order chi connectivity index (χ0) is 29.1. The lowest BCUT2D eigenvalue weighted by molar-refractivity contribution is -0.136. The average molecular weight is 562 g/mol. The molecule has 6 amide bonds. The Morgan fingerprint density at radius 2 is 1.66 bits per heavy atom. The first-order valence-electron chi connectivity index (χ1n) is 13.6. The van der Waals surface area contributed by atoms with E-state index in [0.29, 0.717) is 0 Å². The number of hydrogen-bond donors (Lipinski definition) is 3. The van der Waals surface area contributed by atoms with E-state index in [2.05, 4.69) is 15.5 Å². The first-order valence-corrected chi connectivity index (χ1v) is 13.6. The van der Waals surface area contributed by atoms with E-state index in [0.717, 1.165) is 54.9 Å². The number of anilines is 1. The molecule has 0 spiro atoms. The molecular formula is C29H31N5O7. The molecule has 0 aliphatic carbocycles. The second kappa shape index (κ2) is 11.9. The smallest absolute Gasteiger partial charge is 0.404 e. The van der Waals surface area contributed by atoms with Crippen LogP contribution in [0.5, 0.6) is 0 Å². The third kappa shape index (κ3) is 6.27. The van der Waals surface area contributed by atoms with Gasteiger partial charge in [-0.05, 0) is 48.9 Å². The maximum absolute atomic E-state index is 13.2. The summed E-state index contributed by atoms with van der Waals surface area (Å²) in [6.45, 7) is 2.53. The summed E-state index contributed by atoms with van der Waals surface area (Å²) >= 11 is 0. The van der Waals surface area contributed by atoms with Crippen LogP contribution in [0.25, 0.3) is 0 Å². The van der Waals surface area contributed by atoms with Gasteiger partial charge in [-0.25, -0.2) is 4.79 Å². The van der Waals surface area contributed by atoms with Crippen molar-refractivity contribution in [3.63, 3.8) is 0 Å². The van der Waals surface area contributed by atoms with Crippen molar-refractivity contribution in [1.29, 1.82) is 0 Å². The normalized spacial score (nSPS) is 19.6. The van der Waals surface area contributed by atoms with Gasteiger partial charge in [0.05, 0.1) is 23.2 Å². The quantitative estimate of drug-likeness (QED) is 0.406. The molecule has 0 aromatic heterocycles. The largest absolute Gasteiger partial charge is 0.446 e. The van der Waals surface area contributed by atoms with Crippen LogP contribution < -0.4 is 16.4 Å². The molecule has 0 radical (unpaired) electrons. The predicted molar refractivity (Wildman–Crippen MR) is 146 cm³/mol. The number of hydrogen-bond acceptors (Lipinski definition) is 8. The van der Waals surface area contributed by atoms with Gasteiger partial charge in [0, 0.05) is 26.1 Å². The Hall–Kier alpha value is -4.58. The second-order valence-corrected chi connectivity index (χ2v) is 10.4. The van der Waals surface area contributed by atoms with Crippen LogP contribution in [0, 0.1) is 0 Å². The topological polar surface area (TPSA) is 168 Å². The minimum absolute atomic E-state index is 0.0265. The molecule has 214 valence electrons. The summed E-state index contributed by atoms with van der Waals surface area (Å²) in [7, 11) is 0. The van der Waals surface area contributed by atoms with Crippen LogP contribution in [0.15, 0.2) is 42.5 Å². The summed E-state index contributed by atoms with van der Waals surface area (Å²) in [5, 5.41) is 4.91. The van der Waals surface area contributed by atoms with Crippen LogP contribution in [0.4, 0.5) is 10.5 Å². The summed E-state index contributed by atoms with van der Waals surface area (Å²) in [4.78, 5) is 77.0. The van der Waals surface area contributed by atoms with Gasteiger partial charge in [-0.1, -0.05) is 30.3 Å². The van der Waals surface area contributed by atoms with Crippen LogP contribution in [0.3, 0.4) is 0 Å².